The normalized spacial score (nSPS) is 16.0. The molecule has 3 nitrogen and oxygen atoms in total. The standard InChI is InChI=1S/C9H21NO2/c1-5-6-12-7-9(10-3)8(2)11-4/h8-10H,5-7H2,1-4H3. The molecule has 0 aromatic carbocycles. The van der Waals surface area contributed by atoms with Crippen LogP contribution in [0.15, 0.2) is 0 Å². The Hall–Kier alpha value is -0.120. The first-order valence-corrected chi connectivity index (χ1v) is 4.54. The van der Waals surface area contributed by atoms with Gasteiger partial charge in [0, 0.05) is 13.7 Å². The van der Waals surface area contributed by atoms with Gasteiger partial charge in [0.25, 0.3) is 0 Å². The van der Waals surface area contributed by atoms with Crippen molar-refractivity contribution < 1.29 is 9.47 Å². The molecule has 0 fully saturated rings. The molecule has 0 amide bonds. The molecule has 12 heavy (non-hydrogen) atoms. The molecule has 0 saturated carbocycles. The highest BCUT2D eigenvalue weighted by atomic mass is 16.5. The highest BCUT2D eigenvalue weighted by Gasteiger charge is 2.13. The molecule has 0 aromatic rings. The van der Waals surface area contributed by atoms with E-state index in [-0.39, 0.29) is 6.10 Å². The van der Waals surface area contributed by atoms with Crippen molar-refractivity contribution in [3.8, 4) is 0 Å². The zero-order valence-corrected chi connectivity index (χ0v) is 8.59. The van der Waals surface area contributed by atoms with Crippen LogP contribution in [0.2, 0.25) is 0 Å². The van der Waals surface area contributed by atoms with Gasteiger partial charge in [-0.3, -0.25) is 0 Å². The summed E-state index contributed by atoms with van der Waals surface area (Å²) in [6.07, 6.45) is 1.27. The number of ether oxygens (including phenoxy) is 2. The van der Waals surface area contributed by atoms with Crippen molar-refractivity contribution in [2.75, 3.05) is 27.4 Å². The lowest BCUT2D eigenvalue weighted by molar-refractivity contribution is 0.0334. The molecule has 0 aliphatic rings. The predicted molar refractivity (Wildman–Crippen MR) is 50.4 cm³/mol. The molecule has 0 aliphatic heterocycles. The molecule has 74 valence electrons. The van der Waals surface area contributed by atoms with Crippen molar-refractivity contribution >= 4 is 0 Å². The van der Waals surface area contributed by atoms with Crippen LogP contribution < -0.4 is 5.32 Å². The van der Waals surface area contributed by atoms with Crippen LogP contribution in [0.5, 0.6) is 0 Å². The fourth-order valence-electron chi connectivity index (χ4n) is 0.972. The van der Waals surface area contributed by atoms with E-state index in [2.05, 4.69) is 12.2 Å². The molecule has 0 bridgehead atoms. The highest BCUT2D eigenvalue weighted by Crippen LogP contribution is 1.97. The third kappa shape index (κ3) is 4.70. The second kappa shape index (κ2) is 7.53. The summed E-state index contributed by atoms with van der Waals surface area (Å²) in [5.74, 6) is 0. The Balaban J connectivity index is 3.52. The third-order valence-electron chi connectivity index (χ3n) is 1.96. The van der Waals surface area contributed by atoms with Crippen LogP contribution in [-0.2, 0) is 9.47 Å². The smallest absolute Gasteiger partial charge is 0.0718 e. The minimum absolute atomic E-state index is 0.201. The Kier molecular flexibility index (Phi) is 7.45. The molecule has 0 saturated heterocycles. The molecule has 2 unspecified atom stereocenters. The number of methoxy groups -OCH3 is 1. The van der Waals surface area contributed by atoms with Gasteiger partial charge >= 0.3 is 0 Å². The number of likely N-dealkylation sites (N-methyl/N-ethyl adjacent to an activating group) is 1. The fourth-order valence-corrected chi connectivity index (χ4v) is 0.972. The molecule has 0 radical (unpaired) electrons. The zero-order valence-electron chi connectivity index (χ0n) is 8.59. The lowest BCUT2D eigenvalue weighted by atomic mass is 10.2. The number of nitrogens with one attached hydrogen (secondary N) is 1. The summed E-state index contributed by atoms with van der Waals surface area (Å²) in [4.78, 5) is 0. The molecule has 0 spiro atoms. The molecule has 1 N–H and O–H groups in total. The van der Waals surface area contributed by atoms with E-state index in [0.29, 0.717) is 6.04 Å². The average molecular weight is 175 g/mol. The minimum Gasteiger partial charge on any atom is -0.380 e. The number of rotatable bonds is 7. The summed E-state index contributed by atoms with van der Waals surface area (Å²) in [5, 5.41) is 3.16. The quantitative estimate of drug-likeness (QED) is 0.586. The molecule has 2 atom stereocenters. The van der Waals surface area contributed by atoms with Gasteiger partial charge in [0.1, 0.15) is 0 Å². The summed E-state index contributed by atoms with van der Waals surface area (Å²) in [6.45, 7) is 5.69. The van der Waals surface area contributed by atoms with E-state index in [4.69, 9.17) is 9.47 Å². The molecular formula is C9H21NO2. The molecule has 3 heteroatoms. The van der Waals surface area contributed by atoms with E-state index in [0.717, 1.165) is 19.6 Å². The van der Waals surface area contributed by atoms with Gasteiger partial charge in [-0.05, 0) is 20.4 Å². The predicted octanol–water partition coefficient (Wildman–Crippen LogP) is 1.04. The summed E-state index contributed by atoms with van der Waals surface area (Å²) in [7, 11) is 3.64. The molecule has 0 heterocycles. The van der Waals surface area contributed by atoms with Gasteiger partial charge < -0.3 is 14.8 Å². The lowest BCUT2D eigenvalue weighted by Crippen LogP contribution is -2.40. The van der Waals surface area contributed by atoms with E-state index >= 15 is 0 Å². The summed E-state index contributed by atoms with van der Waals surface area (Å²) < 4.78 is 10.6. The first-order chi connectivity index (χ1) is 5.76. The van der Waals surface area contributed by atoms with Crippen LogP contribution in [-0.4, -0.2) is 39.5 Å². The molecule has 0 rings (SSSR count). The molecule has 0 aromatic heterocycles. The average Bonchev–Trinajstić information content (AvgIpc) is 2.11. The van der Waals surface area contributed by atoms with E-state index < -0.39 is 0 Å². The van der Waals surface area contributed by atoms with E-state index in [9.17, 15) is 0 Å². The molecular weight excluding hydrogens is 154 g/mol. The topological polar surface area (TPSA) is 30.5 Å². The van der Waals surface area contributed by atoms with Crippen molar-refractivity contribution in [1.29, 1.82) is 0 Å². The van der Waals surface area contributed by atoms with Crippen LogP contribution in [0, 0.1) is 0 Å². The Morgan fingerprint density at radius 1 is 1.42 bits per heavy atom. The van der Waals surface area contributed by atoms with Crippen LogP contribution >= 0.6 is 0 Å². The summed E-state index contributed by atoms with van der Waals surface area (Å²) in [6, 6.07) is 0.293. The monoisotopic (exact) mass is 175 g/mol. The van der Waals surface area contributed by atoms with E-state index in [1.54, 1.807) is 7.11 Å². The van der Waals surface area contributed by atoms with E-state index in [1.165, 1.54) is 0 Å². The number of hydrogen-bond donors (Lipinski definition) is 1. The first kappa shape index (κ1) is 11.9. The Labute approximate surface area is 75.4 Å². The summed E-state index contributed by atoms with van der Waals surface area (Å²) in [5.41, 5.74) is 0. The van der Waals surface area contributed by atoms with Gasteiger partial charge in [0.15, 0.2) is 0 Å². The van der Waals surface area contributed by atoms with Crippen molar-refractivity contribution in [2.45, 2.75) is 32.4 Å². The Morgan fingerprint density at radius 2 is 2.08 bits per heavy atom. The second-order valence-corrected chi connectivity index (χ2v) is 2.91. The van der Waals surface area contributed by atoms with E-state index in [1.807, 2.05) is 14.0 Å². The van der Waals surface area contributed by atoms with Crippen molar-refractivity contribution in [2.24, 2.45) is 0 Å². The van der Waals surface area contributed by atoms with Crippen LogP contribution in [0.25, 0.3) is 0 Å². The Bertz CT molecular complexity index is 98.5. The van der Waals surface area contributed by atoms with Crippen LogP contribution in [0.1, 0.15) is 20.3 Å². The third-order valence-corrected chi connectivity index (χ3v) is 1.96. The maximum absolute atomic E-state index is 5.42. The summed E-state index contributed by atoms with van der Waals surface area (Å²) >= 11 is 0. The van der Waals surface area contributed by atoms with Crippen molar-refractivity contribution in [3.63, 3.8) is 0 Å². The zero-order chi connectivity index (χ0) is 9.40. The number of hydrogen-bond acceptors (Lipinski definition) is 3. The largest absolute Gasteiger partial charge is 0.380 e. The first-order valence-electron chi connectivity index (χ1n) is 4.54. The van der Waals surface area contributed by atoms with Crippen LogP contribution in [0.3, 0.4) is 0 Å². The van der Waals surface area contributed by atoms with Crippen molar-refractivity contribution in [1.82, 2.24) is 5.32 Å². The maximum atomic E-state index is 5.42. The SMILES string of the molecule is CCCOCC(NC)C(C)OC. The molecule has 0 aliphatic carbocycles. The van der Waals surface area contributed by atoms with Gasteiger partial charge in [0.05, 0.1) is 18.8 Å². The van der Waals surface area contributed by atoms with Gasteiger partial charge in [-0.15, -0.1) is 0 Å². The van der Waals surface area contributed by atoms with Gasteiger partial charge in [0.2, 0.25) is 0 Å². The highest BCUT2D eigenvalue weighted by molar-refractivity contribution is 4.70. The van der Waals surface area contributed by atoms with Gasteiger partial charge in [-0.2, -0.15) is 0 Å². The van der Waals surface area contributed by atoms with Gasteiger partial charge in [-0.1, -0.05) is 6.92 Å². The lowest BCUT2D eigenvalue weighted by Gasteiger charge is -2.21. The van der Waals surface area contributed by atoms with Crippen LogP contribution in [0.4, 0.5) is 0 Å². The minimum atomic E-state index is 0.201. The van der Waals surface area contributed by atoms with Crippen molar-refractivity contribution in [3.05, 3.63) is 0 Å². The Morgan fingerprint density at radius 3 is 2.50 bits per heavy atom. The second-order valence-electron chi connectivity index (χ2n) is 2.91. The maximum Gasteiger partial charge on any atom is 0.0718 e. The fraction of sp³-hybridized carbons (Fsp3) is 1.00. The van der Waals surface area contributed by atoms with Gasteiger partial charge in [-0.25, -0.2) is 0 Å².